The van der Waals surface area contributed by atoms with Gasteiger partial charge in [-0.25, -0.2) is 4.39 Å². The lowest BCUT2D eigenvalue weighted by atomic mass is 10.1. The monoisotopic (exact) mass is 248 g/mol. The number of halogens is 4. The van der Waals surface area contributed by atoms with Gasteiger partial charge >= 0.3 is 6.36 Å². The molecular formula is C12H12F4O. The molecule has 0 N–H and O–H groups in total. The number of rotatable bonds is 3. The highest BCUT2D eigenvalue weighted by Gasteiger charge is 2.38. The van der Waals surface area contributed by atoms with Gasteiger partial charge in [0.15, 0.2) is 0 Å². The van der Waals surface area contributed by atoms with E-state index in [1.54, 1.807) is 0 Å². The van der Waals surface area contributed by atoms with Gasteiger partial charge in [0, 0.05) is 6.07 Å². The first-order chi connectivity index (χ1) is 7.90. The predicted molar refractivity (Wildman–Crippen MR) is 54.2 cm³/mol. The Bertz CT molecular complexity index is 413. The van der Waals surface area contributed by atoms with Gasteiger partial charge in [0.05, 0.1) is 0 Å². The molecule has 1 saturated carbocycles. The van der Waals surface area contributed by atoms with E-state index in [4.69, 9.17) is 0 Å². The number of benzene rings is 1. The van der Waals surface area contributed by atoms with E-state index in [1.807, 2.05) is 6.92 Å². The van der Waals surface area contributed by atoms with Gasteiger partial charge in [-0.3, -0.25) is 0 Å². The third-order valence-corrected chi connectivity index (χ3v) is 3.05. The first-order valence-corrected chi connectivity index (χ1v) is 5.46. The topological polar surface area (TPSA) is 9.23 Å². The third-order valence-electron chi connectivity index (χ3n) is 3.05. The summed E-state index contributed by atoms with van der Waals surface area (Å²) in [5.74, 6) is -0.515. The van der Waals surface area contributed by atoms with Crippen LogP contribution in [0.3, 0.4) is 0 Å². The summed E-state index contributed by atoms with van der Waals surface area (Å²) in [4.78, 5) is 0. The summed E-state index contributed by atoms with van der Waals surface area (Å²) < 4.78 is 53.0. The van der Waals surface area contributed by atoms with Crippen molar-refractivity contribution in [2.24, 2.45) is 5.92 Å². The van der Waals surface area contributed by atoms with Crippen LogP contribution < -0.4 is 4.74 Å². The molecular weight excluding hydrogens is 236 g/mol. The van der Waals surface area contributed by atoms with Crippen molar-refractivity contribution in [2.45, 2.75) is 32.0 Å². The first kappa shape index (κ1) is 12.2. The standard InChI is InChI=1S/C12H12F4O/c1-2-7-5-10(7)9-4-3-8(6-11(9)13)17-12(14,15)16/h3-4,6-7,10H,2,5H2,1H3/t7-,10-/m0/s1. The van der Waals surface area contributed by atoms with E-state index in [1.165, 1.54) is 6.07 Å². The van der Waals surface area contributed by atoms with Gasteiger partial charge in [-0.15, -0.1) is 13.2 Å². The van der Waals surface area contributed by atoms with Gasteiger partial charge < -0.3 is 4.74 Å². The summed E-state index contributed by atoms with van der Waals surface area (Å²) in [6.07, 6.45) is -2.91. The van der Waals surface area contributed by atoms with Gasteiger partial charge in [-0.1, -0.05) is 19.4 Å². The number of hydrogen-bond donors (Lipinski definition) is 0. The van der Waals surface area contributed by atoms with E-state index < -0.39 is 17.9 Å². The molecule has 17 heavy (non-hydrogen) atoms. The van der Waals surface area contributed by atoms with Gasteiger partial charge in [-0.2, -0.15) is 0 Å². The lowest BCUT2D eigenvalue weighted by Crippen LogP contribution is -2.17. The van der Waals surface area contributed by atoms with Crippen molar-refractivity contribution in [1.82, 2.24) is 0 Å². The van der Waals surface area contributed by atoms with Crippen LogP contribution in [0, 0.1) is 11.7 Å². The Morgan fingerprint density at radius 3 is 2.53 bits per heavy atom. The maximum atomic E-state index is 13.6. The summed E-state index contributed by atoms with van der Waals surface area (Å²) in [6, 6.07) is 3.35. The van der Waals surface area contributed by atoms with Crippen molar-refractivity contribution < 1.29 is 22.3 Å². The van der Waals surface area contributed by atoms with Crippen LogP contribution in [0.5, 0.6) is 5.75 Å². The minimum absolute atomic E-state index is 0.153. The molecule has 0 heterocycles. The molecule has 1 aromatic rings. The molecule has 2 rings (SSSR count). The van der Waals surface area contributed by atoms with E-state index in [0.717, 1.165) is 25.0 Å². The number of alkyl halides is 3. The quantitative estimate of drug-likeness (QED) is 0.727. The molecule has 5 heteroatoms. The lowest BCUT2D eigenvalue weighted by molar-refractivity contribution is -0.274. The fourth-order valence-electron chi connectivity index (χ4n) is 2.09. The van der Waals surface area contributed by atoms with Crippen LogP contribution in [-0.2, 0) is 0 Å². The lowest BCUT2D eigenvalue weighted by Gasteiger charge is -2.10. The summed E-state index contributed by atoms with van der Waals surface area (Å²) >= 11 is 0. The largest absolute Gasteiger partial charge is 0.573 e. The molecule has 0 spiro atoms. The van der Waals surface area contributed by atoms with Crippen LogP contribution in [0.25, 0.3) is 0 Å². The Morgan fingerprint density at radius 2 is 2.06 bits per heavy atom. The average Bonchev–Trinajstić information content (AvgIpc) is 2.94. The Kier molecular flexibility index (Phi) is 3.02. The fraction of sp³-hybridized carbons (Fsp3) is 0.500. The highest BCUT2D eigenvalue weighted by molar-refractivity contribution is 5.34. The zero-order valence-electron chi connectivity index (χ0n) is 9.22. The molecule has 1 aromatic carbocycles. The van der Waals surface area contributed by atoms with Gasteiger partial charge in [0.25, 0.3) is 0 Å². The molecule has 0 radical (unpaired) electrons. The fourth-order valence-corrected chi connectivity index (χ4v) is 2.09. The Labute approximate surface area is 96.4 Å². The second-order valence-corrected chi connectivity index (χ2v) is 4.24. The van der Waals surface area contributed by atoms with Crippen LogP contribution in [0.4, 0.5) is 17.6 Å². The normalized spacial score (nSPS) is 23.6. The third kappa shape index (κ3) is 2.90. The Balaban J connectivity index is 2.13. The molecule has 0 unspecified atom stereocenters. The van der Waals surface area contributed by atoms with Crippen molar-refractivity contribution >= 4 is 0 Å². The minimum Gasteiger partial charge on any atom is -0.406 e. The van der Waals surface area contributed by atoms with E-state index in [9.17, 15) is 17.6 Å². The smallest absolute Gasteiger partial charge is 0.406 e. The summed E-state index contributed by atoms with van der Waals surface area (Å²) in [5.41, 5.74) is 0.492. The number of hydrogen-bond acceptors (Lipinski definition) is 1. The summed E-state index contributed by atoms with van der Waals surface area (Å²) in [6.45, 7) is 2.02. The molecule has 1 aliphatic carbocycles. The van der Waals surface area contributed by atoms with E-state index in [-0.39, 0.29) is 5.92 Å². The second-order valence-electron chi connectivity index (χ2n) is 4.24. The number of ether oxygens (including phenoxy) is 1. The molecule has 1 aliphatic rings. The van der Waals surface area contributed by atoms with Crippen LogP contribution in [0.1, 0.15) is 31.2 Å². The maximum Gasteiger partial charge on any atom is 0.573 e. The Hall–Kier alpha value is -1.26. The molecule has 0 bridgehead atoms. The van der Waals surface area contributed by atoms with Crippen LogP contribution in [0.2, 0.25) is 0 Å². The van der Waals surface area contributed by atoms with E-state index in [2.05, 4.69) is 4.74 Å². The second kappa shape index (κ2) is 4.20. The zero-order chi connectivity index (χ0) is 12.6. The molecule has 0 aromatic heterocycles. The van der Waals surface area contributed by atoms with Gasteiger partial charge in [0.2, 0.25) is 0 Å². The maximum absolute atomic E-state index is 13.6. The zero-order valence-corrected chi connectivity index (χ0v) is 9.22. The van der Waals surface area contributed by atoms with Crippen LogP contribution >= 0.6 is 0 Å². The van der Waals surface area contributed by atoms with Crippen molar-refractivity contribution in [3.63, 3.8) is 0 Å². The molecule has 2 atom stereocenters. The molecule has 0 aliphatic heterocycles. The highest BCUT2D eigenvalue weighted by atomic mass is 19.4. The molecule has 1 nitrogen and oxygen atoms in total. The Morgan fingerprint density at radius 1 is 1.35 bits per heavy atom. The minimum atomic E-state index is -4.78. The SMILES string of the molecule is CC[C@H]1C[C@@H]1c1ccc(OC(F)(F)F)cc1F. The van der Waals surface area contributed by atoms with Gasteiger partial charge in [0.1, 0.15) is 11.6 Å². The van der Waals surface area contributed by atoms with Crippen molar-refractivity contribution in [3.8, 4) is 5.75 Å². The molecule has 0 saturated heterocycles. The summed E-state index contributed by atoms with van der Waals surface area (Å²) in [7, 11) is 0. The van der Waals surface area contributed by atoms with Crippen molar-refractivity contribution in [3.05, 3.63) is 29.6 Å². The predicted octanol–water partition coefficient (Wildman–Crippen LogP) is 4.24. The molecule has 0 amide bonds. The molecule has 1 fully saturated rings. The van der Waals surface area contributed by atoms with Crippen LogP contribution in [-0.4, -0.2) is 6.36 Å². The van der Waals surface area contributed by atoms with E-state index in [0.29, 0.717) is 11.5 Å². The van der Waals surface area contributed by atoms with Crippen molar-refractivity contribution in [1.29, 1.82) is 0 Å². The van der Waals surface area contributed by atoms with Crippen LogP contribution in [0.15, 0.2) is 18.2 Å². The van der Waals surface area contributed by atoms with E-state index >= 15 is 0 Å². The van der Waals surface area contributed by atoms with Crippen molar-refractivity contribution in [2.75, 3.05) is 0 Å². The highest BCUT2D eigenvalue weighted by Crippen LogP contribution is 2.50. The first-order valence-electron chi connectivity index (χ1n) is 5.46. The molecule has 94 valence electrons. The average molecular weight is 248 g/mol. The van der Waals surface area contributed by atoms with Gasteiger partial charge in [-0.05, 0) is 29.9 Å². The summed E-state index contributed by atoms with van der Waals surface area (Å²) in [5, 5.41) is 0.